The summed E-state index contributed by atoms with van der Waals surface area (Å²) in [5, 5.41) is 3.14. The van der Waals surface area contributed by atoms with Crippen molar-refractivity contribution in [3.05, 3.63) is 0 Å². The molecular weight excluding hydrogens is 286 g/mol. The lowest BCUT2D eigenvalue weighted by atomic mass is 9.72. The van der Waals surface area contributed by atoms with E-state index in [0.717, 1.165) is 32.4 Å². The van der Waals surface area contributed by atoms with Crippen molar-refractivity contribution in [1.82, 2.24) is 5.32 Å². The molecular formula is C20H41NO2. The average Bonchev–Trinajstić information content (AvgIpc) is 2.29. The van der Waals surface area contributed by atoms with Crippen LogP contribution in [0.1, 0.15) is 88.0 Å². The third-order valence-electron chi connectivity index (χ3n) is 3.96. The van der Waals surface area contributed by atoms with Gasteiger partial charge in [0.1, 0.15) is 0 Å². The van der Waals surface area contributed by atoms with Crippen molar-refractivity contribution in [2.24, 2.45) is 16.7 Å². The average molecular weight is 328 g/mol. The van der Waals surface area contributed by atoms with E-state index in [-0.39, 0.29) is 22.3 Å². The minimum absolute atomic E-state index is 0.0882. The summed E-state index contributed by atoms with van der Waals surface area (Å²) in [7, 11) is 0. The molecule has 1 N–H and O–H groups in total. The van der Waals surface area contributed by atoms with Gasteiger partial charge >= 0.3 is 0 Å². The van der Waals surface area contributed by atoms with Crippen molar-refractivity contribution in [3.8, 4) is 0 Å². The largest absolute Gasteiger partial charge is 0.376 e. The van der Waals surface area contributed by atoms with Crippen molar-refractivity contribution in [1.29, 1.82) is 0 Å². The second-order valence-electron chi connectivity index (χ2n) is 10.0. The Morgan fingerprint density at radius 1 is 0.957 bits per heavy atom. The second-order valence-corrected chi connectivity index (χ2v) is 10.0. The number of hydrogen-bond donors (Lipinski definition) is 1. The Balaban J connectivity index is 4.09. The van der Waals surface area contributed by atoms with E-state index < -0.39 is 0 Å². The number of ether oxygens (including phenoxy) is 1. The van der Waals surface area contributed by atoms with Crippen molar-refractivity contribution < 1.29 is 9.53 Å². The summed E-state index contributed by atoms with van der Waals surface area (Å²) in [6.07, 6.45) is 3.55. The van der Waals surface area contributed by atoms with E-state index in [9.17, 15) is 4.79 Å². The molecule has 0 heterocycles. The number of nitrogens with one attached hydrogen (secondary N) is 1. The topological polar surface area (TPSA) is 38.3 Å². The van der Waals surface area contributed by atoms with Crippen LogP contribution in [0.4, 0.5) is 0 Å². The number of amides is 1. The van der Waals surface area contributed by atoms with Gasteiger partial charge in [0.25, 0.3) is 0 Å². The molecule has 0 aromatic rings. The number of carbonyl (C=O) groups excluding carboxylic acids is 1. The van der Waals surface area contributed by atoms with E-state index in [1.165, 1.54) is 0 Å². The van der Waals surface area contributed by atoms with Crippen LogP contribution in [0.2, 0.25) is 0 Å². The Hall–Kier alpha value is -0.570. The van der Waals surface area contributed by atoms with Gasteiger partial charge in [-0.15, -0.1) is 0 Å². The molecule has 0 spiro atoms. The maximum absolute atomic E-state index is 12.0. The molecule has 0 aromatic heterocycles. The predicted octanol–water partition coefficient (Wildman–Crippen LogP) is 5.19. The molecule has 138 valence electrons. The summed E-state index contributed by atoms with van der Waals surface area (Å²) in [5.74, 6) is 0.666. The Morgan fingerprint density at radius 2 is 1.52 bits per heavy atom. The van der Waals surface area contributed by atoms with Crippen molar-refractivity contribution in [2.45, 2.75) is 93.6 Å². The van der Waals surface area contributed by atoms with Gasteiger partial charge in [0.15, 0.2) is 0 Å². The van der Waals surface area contributed by atoms with E-state index >= 15 is 0 Å². The third kappa shape index (κ3) is 13.6. The van der Waals surface area contributed by atoms with Crippen molar-refractivity contribution in [3.63, 3.8) is 0 Å². The smallest absolute Gasteiger partial charge is 0.220 e. The first-order valence-electron chi connectivity index (χ1n) is 9.11. The van der Waals surface area contributed by atoms with Crippen molar-refractivity contribution >= 4 is 5.91 Å². The van der Waals surface area contributed by atoms with Crippen LogP contribution >= 0.6 is 0 Å². The molecule has 0 aliphatic rings. The monoisotopic (exact) mass is 327 g/mol. The van der Waals surface area contributed by atoms with E-state index in [4.69, 9.17) is 4.74 Å². The molecule has 0 aliphatic carbocycles. The minimum Gasteiger partial charge on any atom is -0.376 e. The molecule has 0 rings (SSSR count). The summed E-state index contributed by atoms with van der Waals surface area (Å²) < 4.78 is 5.68. The van der Waals surface area contributed by atoms with Crippen LogP contribution in [0.5, 0.6) is 0 Å². The first-order chi connectivity index (χ1) is 10.2. The molecule has 3 heteroatoms. The van der Waals surface area contributed by atoms with Gasteiger partial charge in [0.2, 0.25) is 5.91 Å². The third-order valence-corrected chi connectivity index (χ3v) is 3.96. The van der Waals surface area contributed by atoms with Gasteiger partial charge in [-0.05, 0) is 56.8 Å². The fourth-order valence-corrected chi connectivity index (χ4v) is 2.52. The summed E-state index contributed by atoms with van der Waals surface area (Å²) >= 11 is 0. The van der Waals surface area contributed by atoms with Gasteiger partial charge in [-0.2, -0.15) is 0 Å². The predicted molar refractivity (Wildman–Crippen MR) is 99.6 cm³/mol. The highest BCUT2D eigenvalue weighted by atomic mass is 16.5. The second kappa shape index (κ2) is 9.05. The highest BCUT2D eigenvalue weighted by Crippen LogP contribution is 2.35. The molecule has 0 aliphatic heterocycles. The molecule has 0 radical (unpaired) electrons. The molecule has 0 saturated carbocycles. The summed E-state index contributed by atoms with van der Waals surface area (Å²) in [5.41, 5.74) is 0.406. The molecule has 0 saturated heterocycles. The summed E-state index contributed by atoms with van der Waals surface area (Å²) in [6, 6.07) is 0. The Bertz CT molecular complexity index is 342. The number of hydrogen-bond acceptors (Lipinski definition) is 2. The molecule has 0 fully saturated rings. The zero-order valence-electron chi connectivity index (χ0n) is 17.1. The Labute approximate surface area is 144 Å². The first kappa shape index (κ1) is 22.4. The lowest BCUT2D eigenvalue weighted by Gasteiger charge is -2.35. The van der Waals surface area contributed by atoms with Crippen LogP contribution in [-0.2, 0) is 9.53 Å². The SMILES string of the molecule is CC(C)(C)CC(CNC(=O)CCCCOC(C)(C)C)C(C)(C)C. The van der Waals surface area contributed by atoms with Crippen LogP contribution in [-0.4, -0.2) is 24.7 Å². The lowest BCUT2D eigenvalue weighted by molar-refractivity contribution is -0.121. The summed E-state index contributed by atoms with van der Waals surface area (Å²) in [4.78, 5) is 12.0. The molecule has 0 aromatic carbocycles. The Kier molecular flexibility index (Phi) is 8.83. The maximum Gasteiger partial charge on any atom is 0.220 e. The fraction of sp³-hybridized carbons (Fsp3) is 0.950. The van der Waals surface area contributed by atoms with Gasteiger partial charge in [0.05, 0.1) is 5.60 Å². The van der Waals surface area contributed by atoms with Crippen LogP contribution in [0.25, 0.3) is 0 Å². The van der Waals surface area contributed by atoms with Gasteiger partial charge in [0, 0.05) is 19.6 Å². The molecule has 3 nitrogen and oxygen atoms in total. The van der Waals surface area contributed by atoms with Crippen LogP contribution in [0, 0.1) is 16.7 Å². The maximum atomic E-state index is 12.0. The van der Waals surface area contributed by atoms with E-state index in [0.29, 0.717) is 12.3 Å². The van der Waals surface area contributed by atoms with Gasteiger partial charge in [-0.25, -0.2) is 0 Å². The quantitative estimate of drug-likeness (QED) is 0.623. The first-order valence-corrected chi connectivity index (χ1v) is 9.11. The highest BCUT2D eigenvalue weighted by Gasteiger charge is 2.29. The minimum atomic E-state index is -0.0882. The number of carbonyl (C=O) groups is 1. The fourth-order valence-electron chi connectivity index (χ4n) is 2.52. The normalized spacial score (nSPS) is 14.7. The van der Waals surface area contributed by atoms with Crippen LogP contribution in [0.15, 0.2) is 0 Å². The highest BCUT2D eigenvalue weighted by molar-refractivity contribution is 5.75. The van der Waals surface area contributed by atoms with Gasteiger partial charge < -0.3 is 10.1 Å². The Morgan fingerprint density at radius 3 is 1.96 bits per heavy atom. The standard InChI is InChI=1S/C20H41NO2/c1-18(2,3)14-16(19(4,5)6)15-21-17(22)12-10-11-13-23-20(7,8)9/h16H,10-15H2,1-9H3,(H,21,22). The van der Waals surface area contributed by atoms with Crippen LogP contribution < -0.4 is 5.32 Å². The number of rotatable bonds is 8. The number of unbranched alkanes of at least 4 members (excludes halogenated alkanes) is 1. The van der Waals surface area contributed by atoms with E-state index in [1.807, 2.05) is 0 Å². The summed E-state index contributed by atoms with van der Waals surface area (Å²) in [6.45, 7) is 21.3. The molecule has 1 unspecified atom stereocenters. The molecule has 1 atom stereocenters. The molecule has 23 heavy (non-hydrogen) atoms. The van der Waals surface area contributed by atoms with E-state index in [2.05, 4.69) is 67.6 Å². The molecule has 0 bridgehead atoms. The van der Waals surface area contributed by atoms with Gasteiger partial charge in [-0.1, -0.05) is 41.5 Å². The van der Waals surface area contributed by atoms with Crippen molar-refractivity contribution in [2.75, 3.05) is 13.2 Å². The van der Waals surface area contributed by atoms with Crippen LogP contribution in [0.3, 0.4) is 0 Å². The van der Waals surface area contributed by atoms with E-state index in [1.54, 1.807) is 0 Å². The molecule has 1 amide bonds. The van der Waals surface area contributed by atoms with Gasteiger partial charge in [-0.3, -0.25) is 4.79 Å². The zero-order valence-corrected chi connectivity index (χ0v) is 17.1. The zero-order chi connectivity index (χ0) is 18.3. The lowest BCUT2D eigenvalue weighted by Crippen LogP contribution is -2.37.